The number of phenols is 2. The number of rotatable bonds is 22. The molecule has 0 spiro atoms. The molecular weight excluding hydrogens is 784 g/mol. The highest BCUT2D eigenvalue weighted by molar-refractivity contribution is 5.97. The molecular formula is C40H46N8O12. The third kappa shape index (κ3) is 14.3. The number of phenolic OH excluding ortho intramolecular Hbond substituents is 2. The molecule has 0 saturated heterocycles. The van der Waals surface area contributed by atoms with Gasteiger partial charge in [-0.1, -0.05) is 54.6 Å². The number of hydrogen-bond acceptors (Lipinski definition) is 12. The maximum atomic E-state index is 14.1. The molecule has 6 atom stereocenters. The molecule has 0 aliphatic heterocycles. The lowest BCUT2D eigenvalue weighted by molar-refractivity contribution is -0.143. The summed E-state index contributed by atoms with van der Waals surface area (Å²) < 4.78 is 0. The van der Waals surface area contributed by atoms with Crippen LogP contribution in [0.15, 0.2) is 91.4 Å². The highest BCUT2D eigenvalue weighted by atomic mass is 16.4. The van der Waals surface area contributed by atoms with Crippen LogP contribution in [0.5, 0.6) is 11.5 Å². The quantitative estimate of drug-likeness (QED) is 0.0425. The van der Waals surface area contributed by atoms with E-state index in [1.54, 1.807) is 30.3 Å². The van der Waals surface area contributed by atoms with E-state index >= 15 is 0 Å². The van der Waals surface area contributed by atoms with Gasteiger partial charge in [0, 0.05) is 37.6 Å². The Kier molecular flexibility index (Phi) is 16.6. The van der Waals surface area contributed by atoms with Crippen LogP contribution in [0.25, 0.3) is 0 Å². The summed E-state index contributed by atoms with van der Waals surface area (Å²) >= 11 is 0. The number of aromatic hydroxyl groups is 2. The average Bonchev–Trinajstić information content (AvgIpc) is 3.73. The topological polar surface area (TPSA) is 335 Å². The number of nitrogens with one attached hydrogen (secondary N) is 6. The van der Waals surface area contributed by atoms with Crippen molar-refractivity contribution in [3.05, 3.63) is 114 Å². The van der Waals surface area contributed by atoms with Gasteiger partial charge in [0.05, 0.1) is 25.4 Å². The van der Waals surface area contributed by atoms with Crippen LogP contribution in [0.2, 0.25) is 0 Å². The van der Waals surface area contributed by atoms with E-state index in [2.05, 4.69) is 36.6 Å². The van der Waals surface area contributed by atoms with Gasteiger partial charge in [-0.15, -0.1) is 0 Å². The number of hydrogen-bond donors (Lipinski definition) is 12. The molecule has 1 heterocycles. The molecule has 3 aromatic carbocycles. The van der Waals surface area contributed by atoms with Crippen molar-refractivity contribution in [3.63, 3.8) is 0 Å². The number of imidazole rings is 1. The fourth-order valence-corrected chi connectivity index (χ4v) is 5.88. The number of carboxylic acids is 2. The fourth-order valence-electron chi connectivity index (χ4n) is 5.88. The summed E-state index contributed by atoms with van der Waals surface area (Å²) in [6.07, 6.45) is 1.20. The van der Waals surface area contributed by atoms with Crippen LogP contribution in [0.3, 0.4) is 0 Å². The van der Waals surface area contributed by atoms with Crippen molar-refractivity contribution in [1.29, 1.82) is 0 Å². The van der Waals surface area contributed by atoms with Crippen molar-refractivity contribution in [2.24, 2.45) is 5.73 Å². The van der Waals surface area contributed by atoms with Crippen LogP contribution in [0.4, 0.5) is 0 Å². The Hall–Kier alpha value is -7.32. The van der Waals surface area contributed by atoms with Gasteiger partial charge in [0.25, 0.3) is 0 Å². The number of amides is 5. The largest absolute Gasteiger partial charge is 0.508 e. The van der Waals surface area contributed by atoms with Gasteiger partial charge in [0.2, 0.25) is 29.5 Å². The molecule has 20 heteroatoms. The number of nitrogens with zero attached hydrogens (tertiary/aromatic N) is 1. The molecule has 0 radical (unpaired) electrons. The lowest BCUT2D eigenvalue weighted by atomic mass is 10.0. The summed E-state index contributed by atoms with van der Waals surface area (Å²) in [5, 5.41) is 60.9. The Balaban J connectivity index is 1.56. The lowest BCUT2D eigenvalue weighted by Gasteiger charge is -2.27. The standard InChI is InChI=1S/C40H46N8O12/c41-28(17-25-19-42-21-43-25)35(54)48-33(20-49)39(58)45-30(15-23-6-10-26(50)11-7-23)36(55)44-29(14-22-4-2-1-3-5-22)37(56)46-31(18-34(52)53)38(57)47-32(40(59)60)16-24-8-12-27(51)13-9-24/h1-13,19,21,28-33,49-51H,14-18,20,41H2,(H,42,43)(H,44,55)(H,45,58)(H,46,56)(H,47,57)(H,48,54)(H,52,53)(H,59,60)/t28-,29-,30-,31-,32-,33-/m0/s1. The van der Waals surface area contributed by atoms with Gasteiger partial charge in [0.15, 0.2) is 0 Å². The Morgan fingerprint density at radius 3 is 1.47 bits per heavy atom. The Labute approximate surface area is 342 Å². The third-order valence-electron chi connectivity index (χ3n) is 9.07. The second-order valence-corrected chi connectivity index (χ2v) is 13.7. The van der Waals surface area contributed by atoms with E-state index in [0.717, 1.165) is 0 Å². The normalized spacial score (nSPS) is 13.9. The Bertz CT molecular complexity index is 2080. The minimum atomic E-state index is -1.83. The number of aromatic amines is 1. The zero-order chi connectivity index (χ0) is 43.8. The lowest BCUT2D eigenvalue weighted by Crippen LogP contribution is -2.60. The smallest absolute Gasteiger partial charge is 0.326 e. The van der Waals surface area contributed by atoms with Gasteiger partial charge in [-0.05, 0) is 41.0 Å². The second kappa shape index (κ2) is 22.0. The minimum Gasteiger partial charge on any atom is -0.508 e. The van der Waals surface area contributed by atoms with E-state index in [-0.39, 0.29) is 37.2 Å². The summed E-state index contributed by atoms with van der Waals surface area (Å²) in [6, 6.07) is 10.2. The number of carboxylic acid groups (broad SMARTS) is 2. The first-order valence-electron chi connectivity index (χ1n) is 18.5. The first kappa shape index (κ1) is 45.4. The number of carbonyl (C=O) groups excluding carboxylic acids is 5. The zero-order valence-corrected chi connectivity index (χ0v) is 32.0. The van der Waals surface area contributed by atoms with Crippen molar-refractivity contribution in [2.45, 2.75) is 68.4 Å². The first-order valence-corrected chi connectivity index (χ1v) is 18.5. The molecule has 20 nitrogen and oxygen atoms in total. The van der Waals surface area contributed by atoms with Gasteiger partial charge in [-0.2, -0.15) is 0 Å². The van der Waals surface area contributed by atoms with Gasteiger partial charge in [-0.3, -0.25) is 28.8 Å². The van der Waals surface area contributed by atoms with E-state index in [9.17, 15) is 59.1 Å². The predicted octanol–water partition coefficient (Wildman–Crippen LogP) is -1.61. The average molecular weight is 831 g/mol. The van der Waals surface area contributed by atoms with E-state index in [1.807, 2.05) is 0 Å². The second-order valence-electron chi connectivity index (χ2n) is 13.7. The van der Waals surface area contributed by atoms with Gasteiger partial charge < -0.3 is 62.8 Å². The van der Waals surface area contributed by atoms with Crippen molar-refractivity contribution >= 4 is 41.5 Å². The molecule has 318 valence electrons. The third-order valence-corrected chi connectivity index (χ3v) is 9.07. The van der Waals surface area contributed by atoms with Gasteiger partial charge in [-0.25, -0.2) is 9.78 Å². The van der Waals surface area contributed by atoms with Crippen LogP contribution >= 0.6 is 0 Å². The van der Waals surface area contributed by atoms with E-state index in [4.69, 9.17) is 5.73 Å². The molecule has 0 aliphatic carbocycles. The number of H-pyrrole nitrogens is 1. The highest BCUT2D eigenvalue weighted by Crippen LogP contribution is 2.14. The molecule has 5 amide bonds. The minimum absolute atomic E-state index is 0.0251. The Morgan fingerprint density at radius 1 is 0.567 bits per heavy atom. The Morgan fingerprint density at radius 2 is 1.00 bits per heavy atom. The van der Waals surface area contributed by atoms with Crippen molar-refractivity contribution < 1.29 is 59.1 Å². The molecule has 4 aromatic rings. The van der Waals surface area contributed by atoms with Gasteiger partial charge in [0.1, 0.15) is 41.7 Å². The number of carbonyl (C=O) groups is 7. The molecule has 60 heavy (non-hydrogen) atoms. The van der Waals surface area contributed by atoms with Crippen LogP contribution in [0.1, 0.15) is 28.8 Å². The fraction of sp³-hybridized carbons (Fsp3) is 0.300. The van der Waals surface area contributed by atoms with Crippen LogP contribution in [-0.4, -0.2) is 120 Å². The van der Waals surface area contributed by atoms with Crippen LogP contribution < -0.4 is 32.3 Å². The molecule has 0 fully saturated rings. The molecule has 0 saturated carbocycles. The summed E-state index contributed by atoms with van der Waals surface area (Å²) in [7, 11) is 0. The molecule has 0 aliphatic rings. The van der Waals surface area contributed by atoms with E-state index in [1.165, 1.54) is 61.1 Å². The number of aliphatic hydroxyl groups excluding tert-OH is 1. The molecule has 1 aromatic heterocycles. The molecule has 4 rings (SSSR count). The maximum absolute atomic E-state index is 14.1. The van der Waals surface area contributed by atoms with Crippen LogP contribution in [0, 0.1) is 0 Å². The predicted molar refractivity (Wildman–Crippen MR) is 211 cm³/mol. The molecule has 13 N–H and O–H groups in total. The summed E-state index contributed by atoms with van der Waals surface area (Å²) in [6.45, 7) is -0.897. The van der Waals surface area contributed by atoms with Crippen molar-refractivity contribution in [1.82, 2.24) is 36.6 Å². The van der Waals surface area contributed by atoms with Crippen molar-refractivity contribution in [3.8, 4) is 11.5 Å². The summed E-state index contributed by atoms with van der Waals surface area (Å²) in [5.74, 6) is -8.10. The molecule has 0 bridgehead atoms. The van der Waals surface area contributed by atoms with E-state index < -0.39 is 90.8 Å². The summed E-state index contributed by atoms with van der Waals surface area (Å²) in [4.78, 5) is 98.5. The van der Waals surface area contributed by atoms with E-state index in [0.29, 0.717) is 22.4 Å². The monoisotopic (exact) mass is 830 g/mol. The number of benzene rings is 3. The summed E-state index contributed by atoms with van der Waals surface area (Å²) in [5.41, 5.74) is 7.89. The SMILES string of the molecule is N[C@@H](Cc1cnc[nH]1)C(=O)N[C@@H](CO)C(=O)N[C@@H](Cc1ccc(O)cc1)C(=O)N[C@@H](Cc1ccccc1)C(=O)N[C@@H](CC(=O)O)C(=O)N[C@@H](Cc1ccc(O)cc1)C(=O)O. The number of aliphatic hydroxyl groups is 1. The number of aliphatic carboxylic acids is 2. The maximum Gasteiger partial charge on any atom is 0.326 e. The van der Waals surface area contributed by atoms with Crippen LogP contribution in [-0.2, 0) is 59.2 Å². The number of aromatic nitrogens is 2. The zero-order valence-electron chi connectivity index (χ0n) is 32.0. The molecule has 0 unspecified atom stereocenters. The number of nitrogens with two attached hydrogens (primary N) is 1. The first-order chi connectivity index (χ1) is 28.6. The van der Waals surface area contributed by atoms with Gasteiger partial charge >= 0.3 is 11.9 Å². The van der Waals surface area contributed by atoms with Crippen molar-refractivity contribution in [2.75, 3.05) is 6.61 Å². The highest BCUT2D eigenvalue weighted by Gasteiger charge is 2.34.